The summed E-state index contributed by atoms with van der Waals surface area (Å²) in [6, 6.07) is 0. The molecular weight excluding hydrogens is 144 g/mol. The zero-order chi connectivity index (χ0) is 8.04. The van der Waals surface area contributed by atoms with Gasteiger partial charge in [-0.3, -0.25) is 0 Å². The van der Waals surface area contributed by atoms with Gasteiger partial charge >= 0.3 is 0 Å². The number of hydrogen-bond donors (Lipinski definition) is 0. The van der Waals surface area contributed by atoms with Crippen LogP contribution >= 0.6 is 11.6 Å². The Kier molecular flexibility index (Phi) is 4.80. The Labute approximate surface area is 69.3 Å². The molecule has 1 heteroatoms. The molecule has 0 aliphatic heterocycles. The molecule has 0 heterocycles. The van der Waals surface area contributed by atoms with Gasteiger partial charge in [0.1, 0.15) is 0 Å². The third kappa shape index (κ3) is 3.26. The van der Waals surface area contributed by atoms with Gasteiger partial charge in [-0.1, -0.05) is 26.3 Å². The number of rotatable bonds is 5. The summed E-state index contributed by atoms with van der Waals surface area (Å²) >= 11 is 5.82. The highest BCUT2D eigenvalue weighted by atomic mass is 35.5. The van der Waals surface area contributed by atoms with Crippen molar-refractivity contribution < 1.29 is 0 Å². The molecule has 0 saturated carbocycles. The molecule has 0 spiro atoms. The monoisotopic (exact) mass is 160 g/mol. The summed E-state index contributed by atoms with van der Waals surface area (Å²) in [6.45, 7) is 8.12. The Balaban J connectivity index is 3.80. The summed E-state index contributed by atoms with van der Waals surface area (Å²) in [5.74, 6) is 0.743. The second kappa shape index (κ2) is 4.79. The second-order valence-corrected chi connectivity index (χ2v) is 3.45. The first-order valence-corrected chi connectivity index (χ1v) is 4.39. The molecule has 0 rings (SSSR count). The Morgan fingerprint density at radius 1 is 1.60 bits per heavy atom. The molecule has 0 nitrogen and oxygen atoms in total. The molecule has 0 aromatic heterocycles. The first-order chi connectivity index (χ1) is 4.68. The van der Waals surface area contributed by atoms with E-state index in [-0.39, 0.29) is 5.41 Å². The lowest BCUT2D eigenvalue weighted by molar-refractivity contribution is 0.342. The van der Waals surface area contributed by atoms with Crippen LogP contribution in [0.5, 0.6) is 0 Å². The van der Waals surface area contributed by atoms with Gasteiger partial charge in [-0.2, -0.15) is 0 Å². The third-order valence-corrected chi connectivity index (χ3v) is 2.46. The van der Waals surface area contributed by atoms with E-state index in [1.807, 2.05) is 6.08 Å². The van der Waals surface area contributed by atoms with Gasteiger partial charge in [-0.15, -0.1) is 18.2 Å². The molecular formula is C9H17Cl. The summed E-state index contributed by atoms with van der Waals surface area (Å²) in [5.41, 5.74) is 0.290. The number of alkyl halides is 1. The van der Waals surface area contributed by atoms with E-state index < -0.39 is 0 Å². The minimum absolute atomic E-state index is 0.290. The molecule has 0 aliphatic rings. The molecule has 1 atom stereocenters. The molecule has 60 valence electrons. The van der Waals surface area contributed by atoms with E-state index in [0.29, 0.717) is 0 Å². The van der Waals surface area contributed by atoms with Gasteiger partial charge in [0.2, 0.25) is 0 Å². The maximum absolute atomic E-state index is 5.82. The predicted molar refractivity (Wildman–Crippen MR) is 48.5 cm³/mol. The fourth-order valence-electron chi connectivity index (χ4n) is 1.18. The fourth-order valence-corrected chi connectivity index (χ4v) is 1.42. The van der Waals surface area contributed by atoms with Crippen LogP contribution < -0.4 is 0 Å². The Morgan fingerprint density at radius 3 is 2.50 bits per heavy atom. The van der Waals surface area contributed by atoms with Crippen LogP contribution in [0.2, 0.25) is 0 Å². The summed E-state index contributed by atoms with van der Waals surface area (Å²) in [6.07, 6.45) is 5.39. The molecule has 0 aromatic rings. The standard InChI is InChI=1S/C9H17Cl/c1-4-6-9(3,8-10)7-5-2/h4H,1,5-8H2,2-3H3. The average molecular weight is 161 g/mol. The fraction of sp³-hybridized carbons (Fsp3) is 0.778. The van der Waals surface area contributed by atoms with E-state index in [4.69, 9.17) is 11.6 Å². The highest BCUT2D eigenvalue weighted by Crippen LogP contribution is 2.28. The van der Waals surface area contributed by atoms with E-state index in [1.165, 1.54) is 12.8 Å². The molecule has 0 aliphatic carbocycles. The zero-order valence-corrected chi connectivity index (χ0v) is 7.75. The predicted octanol–water partition coefficient (Wildman–Crippen LogP) is 3.61. The number of halogens is 1. The van der Waals surface area contributed by atoms with Crippen LogP contribution in [0.1, 0.15) is 33.1 Å². The molecule has 0 fully saturated rings. The summed E-state index contributed by atoms with van der Waals surface area (Å²) < 4.78 is 0. The lowest BCUT2D eigenvalue weighted by atomic mass is 9.84. The second-order valence-electron chi connectivity index (χ2n) is 3.19. The minimum Gasteiger partial charge on any atom is -0.126 e. The van der Waals surface area contributed by atoms with Crippen LogP contribution in [0.15, 0.2) is 12.7 Å². The van der Waals surface area contributed by atoms with Gasteiger partial charge in [0, 0.05) is 5.88 Å². The molecule has 1 unspecified atom stereocenters. The quantitative estimate of drug-likeness (QED) is 0.426. The van der Waals surface area contributed by atoms with Crippen LogP contribution in [0, 0.1) is 5.41 Å². The van der Waals surface area contributed by atoms with Crippen molar-refractivity contribution in [2.24, 2.45) is 5.41 Å². The molecule has 0 saturated heterocycles. The van der Waals surface area contributed by atoms with E-state index >= 15 is 0 Å². The van der Waals surface area contributed by atoms with Crippen molar-refractivity contribution >= 4 is 11.6 Å². The Morgan fingerprint density at radius 2 is 2.20 bits per heavy atom. The molecule has 0 N–H and O–H groups in total. The highest BCUT2D eigenvalue weighted by Gasteiger charge is 2.19. The number of hydrogen-bond acceptors (Lipinski definition) is 0. The lowest BCUT2D eigenvalue weighted by Gasteiger charge is -2.24. The lowest BCUT2D eigenvalue weighted by Crippen LogP contribution is -2.16. The van der Waals surface area contributed by atoms with Crippen LogP contribution in [-0.2, 0) is 0 Å². The molecule has 0 amide bonds. The van der Waals surface area contributed by atoms with Crippen LogP contribution in [0.25, 0.3) is 0 Å². The molecule has 0 radical (unpaired) electrons. The van der Waals surface area contributed by atoms with Crippen molar-refractivity contribution in [1.29, 1.82) is 0 Å². The van der Waals surface area contributed by atoms with Crippen molar-refractivity contribution in [2.45, 2.75) is 33.1 Å². The smallest absolute Gasteiger partial charge is 0.0280 e. The summed E-state index contributed by atoms with van der Waals surface area (Å²) in [7, 11) is 0. The van der Waals surface area contributed by atoms with E-state index in [0.717, 1.165) is 12.3 Å². The SMILES string of the molecule is C=CCC(C)(CCl)CCC. The van der Waals surface area contributed by atoms with Crippen molar-refractivity contribution in [3.05, 3.63) is 12.7 Å². The average Bonchev–Trinajstić information content (AvgIpc) is 1.89. The van der Waals surface area contributed by atoms with E-state index in [9.17, 15) is 0 Å². The van der Waals surface area contributed by atoms with Gasteiger partial charge in [0.05, 0.1) is 0 Å². The molecule has 10 heavy (non-hydrogen) atoms. The minimum atomic E-state index is 0.290. The summed E-state index contributed by atoms with van der Waals surface area (Å²) in [4.78, 5) is 0. The maximum Gasteiger partial charge on any atom is 0.0280 e. The largest absolute Gasteiger partial charge is 0.126 e. The Bertz CT molecular complexity index is 98.9. The first kappa shape index (κ1) is 10.0. The zero-order valence-electron chi connectivity index (χ0n) is 6.99. The van der Waals surface area contributed by atoms with Gasteiger partial charge in [-0.25, -0.2) is 0 Å². The van der Waals surface area contributed by atoms with Crippen LogP contribution in [-0.4, -0.2) is 5.88 Å². The number of allylic oxidation sites excluding steroid dienone is 1. The third-order valence-electron chi connectivity index (χ3n) is 1.81. The van der Waals surface area contributed by atoms with Crippen molar-refractivity contribution in [3.8, 4) is 0 Å². The van der Waals surface area contributed by atoms with E-state index in [1.54, 1.807) is 0 Å². The van der Waals surface area contributed by atoms with Crippen LogP contribution in [0.4, 0.5) is 0 Å². The normalized spacial score (nSPS) is 16.3. The maximum atomic E-state index is 5.82. The van der Waals surface area contributed by atoms with Gasteiger partial charge < -0.3 is 0 Å². The van der Waals surface area contributed by atoms with Crippen molar-refractivity contribution in [1.82, 2.24) is 0 Å². The van der Waals surface area contributed by atoms with Crippen molar-refractivity contribution in [3.63, 3.8) is 0 Å². The van der Waals surface area contributed by atoms with Crippen molar-refractivity contribution in [2.75, 3.05) is 5.88 Å². The van der Waals surface area contributed by atoms with Gasteiger partial charge in [-0.05, 0) is 18.3 Å². The highest BCUT2D eigenvalue weighted by molar-refractivity contribution is 6.18. The van der Waals surface area contributed by atoms with E-state index in [2.05, 4.69) is 20.4 Å². The summed E-state index contributed by atoms with van der Waals surface area (Å²) in [5, 5.41) is 0. The topological polar surface area (TPSA) is 0 Å². The first-order valence-electron chi connectivity index (χ1n) is 3.85. The molecule has 0 bridgehead atoms. The van der Waals surface area contributed by atoms with Gasteiger partial charge in [0.25, 0.3) is 0 Å². The molecule has 0 aromatic carbocycles. The van der Waals surface area contributed by atoms with Gasteiger partial charge in [0.15, 0.2) is 0 Å². The Hall–Kier alpha value is 0.0300. The van der Waals surface area contributed by atoms with Crippen LogP contribution in [0.3, 0.4) is 0 Å².